The molecule has 2 N–H and O–H groups in total. The molecule has 1 atom stereocenters. The molecule has 3 aromatic rings. The van der Waals surface area contributed by atoms with E-state index in [-0.39, 0.29) is 11.9 Å². The van der Waals surface area contributed by atoms with Crippen molar-refractivity contribution in [2.75, 3.05) is 41.9 Å². The molecule has 1 saturated carbocycles. The first-order chi connectivity index (χ1) is 20.5. The summed E-state index contributed by atoms with van der Waals surface area (Å²) in [5.74, 6) is 2.25. The lowest BCUT2D eigenvalue weighted by Crippen LogP contribution is -2.42. The van der Waals surface area contributed by atoms with Crippen molar-refractivity contribution in [2.24, 2.45) is 23.9 Å². The molecule has 1 unspecified atom stereocenters. The molecule has 7 rings (SSSR count). The number of aliphatic imine (C=N–C) groups is 1. The maximum Gasteiger partial charge on any atom is 0.280 e. The van der Waals surface area contributed by atoms with Crippen molar-refractivity contribution in [1.29, 1.82) is 0 Å². The minimum atomic E-state index is -0.296. The molecule has 220 valence electrons. The van der Waals surface area contributed by atoms with E-state index in [0.29, 0.717) is 35.6 Å². The highest BCUT2D eigenvalue weighted by atomic mass is 16.5. The number of hydrogen-bond acceptors (Lipinski definition) is 8. The van der Waals surface area contributed by atoms with Crippen molar-refractivity contribution in [1.82, 2.24) is 14.8 Å². The number of nitrogens with one attached hydrogen (secondary N) is 2. The molecule has 1 amide bonds. The lowest BCUT2D eigenvalue weighted by Gasteiger charge is -2.30. The average molecular weight is 570 g/mol. The largest absolute Gasteiger partial charge is 0.477 e. The van der Waals surface area contributed by atoms with Crippen LogP contribution in [0.4, 0.5) is 17.1 Å². The van der Waals surface area contributed by atoms with Gasteiger partial charge in [-0.3, -0.25) is 9.78 Å². The van der Waals surface area contributed by atoms with E-state index in [0.717, 1.165) is 86.1 Å². The van der Waals surface area contributed by atoms with Gasteiger partial charge in [-0.2, -0.15) is 10.1 Å². The third-order valence-corrected chi connectivity index (χ3v) is 8.90. The summed E-state index contributed by atoms with van der Waals surface area (Å²) >= 11 is 0. The Morgan fingerprint density at radius 1 is 1.07 bits per heavy atom. The number of aromatic nitrogens is 3. The molecule has 2 fully saturated rings. The number of carbonyl (C=O) groups is 1. The van der Waals surface area contributed by atoms with Crippen molar-refractivity contribution < 1.29 is 14.3 Å². The highest BCUT2D eigenvalue weighted by molar-refractivity contribution is 6.19. The van der Waals surface area contributed by atoms with Crippen LogP contribution in [0.25, 0.3) is 11.3 Å². The lowest BCUT2D eigenvalue weighted by molar-refractivity contribution is 0.0649. The summed E-state index contributed by atoms with van der Waals surface area (Å²) in [6.45, 7) is 5.15. The Bertz CT molecular complexity index is 1510. The quantitative estimate of drug-likeness (QED) is 0.421. The van der Waals surface area contributed by atoms with Gasteiger partial charge in [-0.25, -0.2) is 4.68 Å². The number of pyridine rings is 1. The van der Waals surface area contributed by atoms with Gasteiger partial charge in [0.1, 0.15) is 0 Å². The van der Waals surface area contributed by atoms with E-state index in [1.54, 1.807) is 23.0 Å². The number of rotatable bonds is 5. The molecule has 42 heavy (non-hydrogen) atoms. The van der Waals surface area contributed by atoms with Crippen molar-refractivity contribution in [2.45, 2.75) is 57.9 Å². The second-order valence-electron chi connectivity index (χ2n) is 12.0. The smallest absolute Gasteiger partial charge is 0.280 e. The number of hydrogen-bond donors (Lipinski definition) is 2. The third kappa shape index (κ3) is 5.47. The number of amides is 1. The molecule has 1 saturated heterocycles. The van der Waals surface area contributed by atoms with Crippen molar-refractivity contribution in [3.8, 4) is 17.1 Å². The predicted molar refractivity (Wildman–Crippen MR) is 163 cm³/mol. The van der Waals surface area contributed by atoms with Crippen LogP contribution >= 0.6 is 0 Å². The standard InChI is InChI=1S/C32H39N7O3/c1-20-16-23-17-26(35-20)25-19-34-38(2)31(25)42-13-3-4-28(22-5-6-22)39-29-8-7-24(18-27(29)36-32(39)37-30(23)40)33-12-9-21-10-14-41-15-11-21/h7-8,16-19,21-22,28,33H,3-6,9-15H2,1-2H3,(H,36,37,40). The Kier molecular flexibility index (Phi) is 7.31. The van der Waals surface area contributed by atoms with E-state index in [9.17, 15) is 4.79 Å². The molecule has 10 nitrogen and oxygen atoms in total. The van der Waals surface area contributed by atoms with Crippen molar-refractivity contribution in [3.63, 3.8) is 0 Å². The van der Waals surface area contributed by atoms with Crippen LogP contribution in [0.5, 0.6) is 5.88 Å². The Hall–Kier alpha value is -3.92. The van der Waals surface area contributed by atoms with Crippen LogP contribution < -0.4 is 20.3 Å². The Morgan fingerprint density at radius 2 is 1.93 bits per heavy atom. The summed E-state index contributed by atoms with van der Waals surface area (Å²) in [7, 11) is 1.87. The molecule has 5 heterocycles. The first-order valence-electron chi connectivity index (χ1n) is 15.3. The van der Waals surface area contributed by atoms with Crippen LogP contribution in [-0.2, 0) is 11.8 Å². The average Bonchev–Trinajstić information content (AvgIpc) is 3.68. The minimum Gasteiger partial charge on any atom is -0.477 e. The van der Waals surface area contributed by atoms with E-state index in [4.69, 9.17) is 19.5 Å². The maximum absolute atomic E-state index is 13.7. The monoisotopic (exact) mass is 569 g/mol. The van der Waals surface area contributed by atoms with Crippen LogP contribution in [0.3, 0.4) is 0 Å². The Balaban J connectivity index is 1.20. The summed E-state index contributed by atoms with van der Waals surface area (Å²) in [6, 6.07) is 10.3. The molecule has 2 bridgehead atoms. The predicted octanol–water partition coefficient (Wildman–Crippen LogP) is 5.40. The van der Waals surface area contributed by atoms with Crippen LogP contribution in [0.15, 0.2) is 41.5 Å². The minimum absolute atomic E-state index is 0.227. The Labute approximate surface area is 246 Å². The zero-order valence-corrected chi connectivity index (χ0v) is 24.4. The lowest BCUT2D eigenvalue weighted by atomic mass is 9.97. The van der Waals surface area contributed by atoms with E-state index in [1.807, 2.05) is 14.0 Å². The van der Waals surface area contributed by atoms with Gasteiger partial charge in [0.05, 0.1) is 35.4 Å². The first kappa shape index (κ1) is 26.9. The fourth-order valence-electron chi connectivity index (χ4n) is 6.51. The van der Waals surface area contributed by atoms with Gasteiger partial charge >= 0.3 is 0 Å². The number of benzene rings is 1. The molecule has 10 heteroatoms. The van der Waals surface area contributed by atoms with Crippen molar-refractivity contribution >= 4 is 28.9 Å². The normalized spacial score (nSPS) is 22.1. The topological polar surface area (TPSA) is 106 Å². The van der Waals surface area contributed by atoms with E-state index in [1.165, 1.54) is 12.8 Å². The van der Waals surface area contributed by atoms with Gasteiger partial charge in [0.15, 0.2) is 0 Å². The molecular formula is C32H39N7O3. The van der Waals surface area contributed by atoms with Gasteiger partial charge in [-0.15, -0.1) is 0 Å². The van der Waals surface area contributed by atoms with Gasteiger partial charge in [-0.05, 0) is 94.0 Å². The number of anilines is 3. The molecule has 4 aliphatic rings. The summed E-state index contributed by atoms with van der Waals surface area (Å²) < 4.78 is 13.5. The molecular weight excluding hydrogens is 530 g/mol. The zero-order chi connectivity index (χ0) is 28.6. The molecule has 2 aromatic heterocycles. The maximum atomic E-state index is 13.7. The highest BCUT2D eigenvalue weighted by Crippen LogP contribution is 2.44. The molecule has 0 radical (unpaired) electrons. The molecule has 1 aromatic carbocycles. The summed E-state index contributed by atoms with van der Waals surface area (Å²) in [4.78, 5) is 25.4. The SMILES string of the molecule is Cc1cc2cc(n1)-c1cnn(C)c1OCCCC(C1CC1)N1/C(=N/C2=O)Nc2cc(NCCC3CCOCC3)ccc21. The Morgan fingerprint density at radius 3 is 2.76 bits per heavy atom. The van der Waals surface area contributed by atoms with Crippen LogP contribution in [0.1, 0.15) is 61.0 Å². The van der Waals surface area contributed by atoms with Gasteiger partial charge < -0.3 is 25.0 Å². The summed E-state index contributed by atoms with van der Waals surface area (Å²) in [6.07, 6.45) is 9.35. The van der Waals surface area contributed by atoms with Gasteiger partial charge in [0.25, 0.3) is 5.91 Å². The number of fused-ring (bicyclic) bond motifs is 7. The number of carbonyl (C=O) groups excluding carboxylic acids is 1. The molecule has 1 aliphatic carbocycles. The number of nitrogens with zero attached hydrogens (tertiary/aromatic N) is 5. The fourth-order valence-corrected chi connectivity index (χ4v) is 6.51. The van der Waals surface area contributed by atoms with Crippen LogP contribution in [-0.4, -0.2) is 59.0 Å². The third-order valence-electron chi connectivity index (χ3n) is 8.90. The van der Waals surface area contributed by atoms with Crippen LogP contribution in [0, 0.1) is 18.8 Å². The molecule has 3 aliphatic heterocycles. The van der Waals surface area contributed by atoms with Gasteiger partial charge in [0, 0.05) is 49.8 Å². The first-order valence-corrected chi connectivity index (χ1v) is 15.3. The van der Waals surface area contributed by atoms with Crippen LogP contribution in [0.2, 0.25) is 0 Å². The van der Waals surface area contributed by atoms with E-state index < -0.39 is 0 Å². The highest BCUT2D eigenvalue weighted by Gasteiger charge is 2.41. The second-order valence-corrected chi connectivity index (χ2v) is 12.0. The molecule has 0 spiro atoms. The zero-order valence-electron chi connectivity index (χ0n) is 24.4. The number of guanidine groups is 1. The summed E-state index contributed by atoms with van der Waals surface area (Å²) in [5.41, 5.74) is 5.80. The van der Waals surface area contributed by atoms with Crippen molar-refractivity contribution in [3.05, 3.63) is 47.8 Å². The van der Waals surface area contributed by atoms with Gasteiger partial charge in [-0.1, -0.05) is 0 Å². The number of aryl methyl sites for hydroxylation is 2. The van der Waals surface area contributed by atoms with Gasteiger partial charge in [0.2, 0.25) is 11.8 Å². The van der Waals surface area contributed by atoms with E-state index in [2.05, 4.69) is 38.8 Å². The summed E-state index contributed by atoms with van der Waals surface area (Å²) in [5, 5.41) is 11.6. The number of ether oxygens (including phenoxy) is 2. The second kappa shape index (κ2) is 11.4. The van der Waals surface area contributed by atoms with E-state index >= 15 is 0 Å². The fraction of sp³-hybridized carbons (Fsp3) is 0.500.